The molecule has 2 N–H and O–H groups in total. The van der Waals surface area contributed by atoms with Crippen molar-refractivity contribution in [2.75, 3.05) is 13.2 Å². The molecular formula is C16H19N3O2S. The summed E-state index contributed by atoms with van der Waals surface area (Å²) in [5.41, 5.74) is 1.39. The lowest BCUT2D eigenvalue weighted by molar-refractivity contribution is 0.0915. The molecule has 0 spiro atoms. The number of benzene rings is 1. The van der Waals surface area contributed by atoms with Crippen LogP contribution in [0.2, 0.25) is 0 Å². The SMILES string of the molecule is C[C@H](NC(=O)c1c[nH]c(=S)n1-c1ccccc1)[C@H]1CCOC1. The van der Waals surface area contributed by atoms with Gasteiger partial charge in [-0.1, -0.05) is 18.2 Å². The van der Waals surface area contributed by atoms with Gasteiger partial charge in [0.1, 0.15) is 5.69 Å². The maximum absolute atomic E-state index is 12.6. The Morgan fingerprint density at radius 2 is 2.23 bits per heavy atom. The first-order valence-electron chi connectivity index (χ1n) is 7.41. The van der Waals surface area contributed by atoms with E-state index < -0.39 is 0 Å². The maximum Gasteiger partial charge on any atom is 0.270 e. The van der Waals surface area contributed by atoms with Crippen molar-refractivity contribution in [1.29, 1.82) is 0 Å². The number of aromatic nitrogens is 2. The van der Waals surface area contributed by atoms with Crippen molar-refractivity contribution < 1.29 is 9.53 Å². The highest BCUT2D eigenvalue weighted by atomic mass is 32.1. The Balaban J connectivity index is 1.83. The predicted molar refractivity (Wildman–Crippen MR) is 86.8 cm³/mol. The zero-order chi connectivity index (χ0) is 15.5. The van der Waals surface area contributed by atoms with Crippen molar-refractivity contribution in [2.24, 2.45) is 5.92 Å². The minimum absolute atomic E-state index is 0.0719. The van der Waals surface area contributed by atoms with E-state index in [9.17, 15) is 4.79 Å². The predicted octanol–water partition coefficient (Wildman–Crippen LogP) is 2.69. The van der Waals surface area contributed by atoms with Gasteiger partial charge in [0, 0.05) is 30.5 Å². The van der Waals surface area contributed by atoms with Crippen LogP contribution in [0, 0.1) is 10.7 Å². The fourth-order valence-electron chi connectivity index (χ4n) is 2.71. The van der Waals surface area contributed by atoms with Crippen LogP contribution < -0.4 is 5.32 Å². The number of nitrogens with zero attached hydrogens (tertiary/aromatic N) is 1. The van der Waals surface area contributed by atoms with E-state index in [-0.39, 0.29) is 11.9 Å². The van der Waals surface area contributed by atoms with Crippen molar-refractivity contribution in [3.8, 4) is 5.69 Å². The Morgan fingerprint density at radius 3 is 2.91 bits per heavy atom. The molecule has 1 aromatic carbocycles. The fourth-order valence-corrected chi connectivity index (χ4v) is 2.98. The molecule has 2 heterocycles. The molecule has 1 aromatic heterocycles. The van der Waals surface area contributed by atoms with Gasteiger partial charge in [0.2, 0.25) is 0 Å². The molecule has 3 rings (SSSR count). The fraction of sp³-hybridized carbons (Fsp3) is 0.375. The molecule has 2 aromatic rings. The molecular weight excluding hydrogens is 298 g/mol. The van der Waals surface area contributed by atoms with Crippen LogP contribution in [0.5, 0.6) is 0 Å². The number of H-pyrrole nitrogens is 1. The van der Waals surface area contributed by atoms with Crippen molar-refractivity contribution in [2.45, 2.75) is 19.4 Å². The van der Waals surface area contributed by atoms with E-state index in [4.69, 9.17) is 17.0 Å². The van der Waals surface area contributed by atoms with Crippen molar-refractivity contribution in [1.82, 2.24) is 14.9 Å². The molecule has 116 valence electrons. The summed E-state index contributed by atoms with van der Waals surface area (Å²) in [6, 6.07) is 9.70. The first-order chi connectivity index (χ1) is 10.7. The zero-order valence-corrected chi connectivity index (χ0v) is 13.2. The molecule has 1 amide bonds. The number of hydrogen-bond donors (Lipinski definition) is 2. The van der Waals surface area contributed by atoms with Gasteiger partial charge in [-0.05, 0) is 37.7 Å². The number of rotatable bonds is 4. The molecule has 0 saturated carbocycles. The molecule has 0 aliphatic carbocycles. The summed E-state index contributed by atoms with van der Waals surface area (Å²) in [6.07, 6.45) is 2.64. The van der Waals surface area contributed by atoms with Crippen LogP contribution in [-0.2, 0) is 4.74 Å². The van der Waals surface area contributed by atoms with Crippen LogP contribution in [0.15, 0.2) is 36.5 Å². The van der Waals surface area contributed by atoms with Gasteiger partial charge in [0.15, 0.2) is 4.77 Å². The molecule has 6 heteroatoms. The zero-order valence-electron chi connectivity index (χ0n) is 12.4. The summed E-state index contributed by atoms with van der Waals surface area (Å²) >= 11 is 5.30. The average molecular weight is 317 g/mol. The van der Waals surface area contributed by atoms with Gasteiger partial charge in [-0.25, -0.2) is 0 Å². The van der Waals surface area contributed by atoms with Crippen molar-refractivity contribution >= 4 is 18.1 Å². The van der Waals surface area contributed by atoms with Gasteiger partial charge in [-0.2, -0.15) is 0 Å². The summed E-state index contributed by atoms with van der Waals surface area (Å²) in [6.45, 7) is 3.50. The van der Waals surface area contributed by atoms with Gasteiger partial charge in [-0.3, -0.25) is 9.36 Å². The Hall–Kier alpha value is -1.92. The minimum Gasteiger partial charge on any atom is -0.381 e. The minimum atomic E-state index is -0.129. The molecule has 1 fully saturated rings. The molecule has 0 radical (unpaired) electrons. The van der Waals surface area contributed by atoms with E-state index in [1.54, 1.807) is 10.8 Å². The first-order valence-corrected chi connectivity index (χ1v) is 7.82. The van der Waals surface area contributed by atoms with Crippen molar-refractivity contribution in [3.63, 3.8) is 0 Å². The smallest absolute Gasteiger partial charge is 0.270 e. The summed E-state index contributed by atoms with van der Waals surface area (Å²) in [5.74, 6) is 0.242. The number of ether oxygens (including phenoxy) is 1. The largest absolute Gasteiger partial charge is 0.381 e. The van der Waals surface area contributed by atoms with E-state index in [0.29, 0.717) is 23.0 Å². The number of amides is 1. The number of imidazole rings is 1. The lowest BCUT2D eigenvalue weighted by atomic mass is 10.0. The third kappa shape index (κ3) is 2.98. The second-order valence-electron chi connectivity index (χ2n) is 5.54. The van der Waals surface area contributed by atoms with Crippen LogP contribution in [0.3, 0.4) is 0 Å². The number of carbonyl (C=O) groups is 1. The third-order valence-corrected chi connectivity index (χ3v) is 4.35. The molecule has 0 bridgehead atoms. The van der Waals surface area contributed by atoms with Gasteiger partial charge >= 0.3 is 0 Å². The van der Waals surface area contributed by atoms with E-state index in [0.717, 1.165) is 18.7 Å². The van der Waals surface area contributed by atoms with E-state index in [1.165, 1.54) is 0 Å². The van der Waals surface area contributed by atoms with Gasteiger partial charge in [-0.15, -0.1) is 0 Å². The van der Waals surface area contributed by atoms with Gasteiger partial charge in [0.25, 0.3) is 5.91 Å². The number of carbonyl (C=O) groups excluding carboxylic acids is 1. The van der Waals surface area contributed by atoms with Crippen LogP contribution in [-0.4, -0.2) is 34.7 Å². The lowest BCUT2D eigenvalue weighted by Gasteiger charge is -2.19. The summed E-state index contributed by atoms with van der Waals surface area (Å²) in [4.78, 5) is 15.5. The first kappa shape index (κ1) is 15.0. The highest BCUT2D eigenvalue weighted by molar-refractivity contribution is 7.71. The number of aromatic amines is 1. The second-order valence-corrected chi connectivity index (χ2v) is 5.92. The quantitative estimate of drug-likeness (QED) is 0.853. The van der Waals surface area contributed by atoms with Crippen LogP contribution >= 0.6 is 12.2 Å². The Labute approximate surface area is 134 Å². The number of nitrogens with one attached hydrogen (secondary N) is 2. The third-order valence-electron chi connectivity index (χ3n) is 4.05. The maximum atomic E-state index is 12.6. The lowest BCUT2D eigenvalue weighted by Crippen LogP contribution is -2.39. The summed E-state index contributed by atoms with van der Waals surface area (Å²) in [7, 11) is 0. The summed E-state index contributed by atoms with van der Waals surface area (Å²) in [5, 5.41) is 3.06. The normalized spacial score (nSPS) is 19.0. The Morgan fingerprint density at radius 1 is 1.45 bits per heavy atom. The molecule has 22 heavy (non-hydrogen) atoms. The van der Waals surface area contributed by atoms with E-state index in [2.05, 4.69) is 10.3 Å². The average Bonchev–Trinajstić information content (AvgIpc) is 3.17. The number of hydrogen-bond acceptors (Lipinski definition) is 3. The van der Waals surface area contributed by atoms with Crippen LogP contribution in [0.1, 0.15) is 23.8 Å². The molecule has 0 unspecified atom stereocenters. The van der Waals surface area contributed by atoms with Crippen LogP contribution in [0.25, 0.3) is 5.69 Å². The Bertz CT molecular complexity index is 702. The van der Waals surface area contributed by atoms with Crippen molar-refractivity contribution in [3.05, 3.63) is 47.0 Å². The molecule has 5 nitrogen and oxygen atoms in total. The molecule has 1 saturated heterocycles. The topological polar surface area (TPSA) is 59.0 Å². The highest BCUT2D eigenvalue weighted by Crippen LogP contribution is 2.18. The van der Waals surface area contributed by atoms with E-state index in [1.807, 2.05) is 37.3 Å². The molecule has 2 atom stereocenters. The molecule has 1 aliphatic heterocycles. The van der Waals surface area contributed by atoms with Gasteiger partial charge < -0.3 is 15.0 Å². The van der Waals surface area contributed by atoms with Crippen LogP contribution in [0.4, 0.5) is 0 Å². The summed E-state index contributed by atoms with van der Waals surface area (Å²) < 4.78 is 7.64. The monoisotopic (exact) mass is 317 g/mol. The highest BCUT2D eigenvalue weighted by Gasteiger charge is 2.25. The molecule has 1 aliphatic rings. The van der Waals surface area contributed by atoms with Gasteiger partial charge in [0.05, 0.1) is 6.61 Å². The Kier molecular flexibility index (Phi) is 4.40. The second kappa shape index (κ2) is 6.46. The number of para-hydroxylation sites is 1. The van der Waals surface area contributed by atoms with E-state index >= 15 is 0 Å². The standard InChI is InChI=1S/C16H19N3O2S/c1-11(12-7-8-21-10-12)18-15(20)14-9-17-16(22)19(14)13-5-3-2-4-6-13/h2-6,9,11-12H,7-8,10H2,1H3,(H,17,22)(H,18,20)/t11-,12-/m0/s1.